The van der Waals surface area contributed by atoms with E-state index in [-0.39, 0.29) is 12.5 Å². The van der Waals surface area contributed by atoms with E-state index in [1.54, 1.807) is 6.07 Å². The molecule has 1 amide bonds. The first-order valence-electron chi connectivity index (χ1n) is 6.36. The third-order valence-corrected chi connectivity index (χ3v) is 3.52. The summed E-state index contributed by atoms with van der Waals surface area (Å²) < 4.78 is 0. The Hall–Kier alpha value is -2.04. The molecule has 1 saturated carbocycles. The molecule has 0 aromatic heterocycles. The van der Waals surface area contributed by atoms with Crippen LogP contribution in [-0.4, -0.2) is 23.5 Å². The number of hydrogen-bond acceptors (Lipinski definition) is 3. The van der Waals surface area contributed by atoms with Gasteiger partial charge in [-0.25, -0.2) is 0 Å². The largest absolute Gasteiger partial charge is 0.481 e. The number of carbonyl (C=O) groups excluding carboxylic acids is 1. The Morgan fingerprint density at radius 3 is 2.68 bits per heavy atom. The van der Waals surface area contributed by atoms with Gasteiger partial charge in [0, 0.05) is 18.7 Å². The van der Waals surface area contributed by atoms with E-state index in [4.69, 9.17) is 10.8 Å². The lowest BCUT2D eigenvalue weighted by molar-refractivity contribution is -0.143. The van der Waals surface area contributed by atoms with E-state index in [9.17, 15) is 9.59 Å². The second kappa shape index (κ2) is 5.30. The minimum atomic E-state index is -0.816. The summed E-state index contributed by atoms with van der Waals surface area (Å²) >= 11 is 0. The Morgan fingerprint density at radius 1 is 1.37 bits per heavy atom. The highest BCUT2D eigenvalue weighted by atomic mass is 16.4. The molecular formula is C14H18N2O3. The number of nitrogens with one attached hydrogen (secondary N) is 1. The maximum Gasteiger partial charge on any atom is 0.311 e. The summed E-state index contributed by atoms with van der Waals surface area (Å²) in [5.74, 6) is -0.932. The molecule has 1 fully saturated rings. The fraction of sp³-hybridized carbons (Fsp3) is 0.429. The number of anilines is 1. The summed E-state index contributed by atoms with van der Waals surface area (Å²) in [4.78, 5) is 22.6. The quantitative estimate of drug-likeness (QED) is 0.671. The Balaban J connectivity index is 1.75. The zero-order chi connectivity index (χ0) is 13.9. The van der Waals surface area contributed by atoms with Gasteiger partial charge in [0.05, 0.1) is 5.41 Å². The van der Waals surface area contributed by atoms with E-state index in [1.165, 1.54) is 0 Å². The van der Waals surface area contributed by atoms with Crippen molar-refractivity contribution in [2.24, 2.45) is 5.41 Å². The maximum absolute atomic E-state index is 11.7. The molecule has 2 rings (SSSR count). The van der Waals surface area contributed by atoms with Gasteiger partial charge in [0.15, 0.2) is 0 Å². The zero-order valence-electron chi connectivity index (χ0n) is 10.7. The predicted molar refractivity (Wildman–Crippen MR) is 71.5 cm³/mol. The second-order valence-corrected chi connectivity index (χ2v) is 5.11. The van der Waals surface area contributed by atoms with Crippen molar-refractivity contribution in [2.45, 2.75) is 25.7 Å². The van der Waals surface area contributed by atoms with Gasteiger partial charge in [-0.2, -0.15) is 0 Å². The van der Waals surface area contributed by atoms with Crippen LogP contribution in [0.25, 0.3) is 0 Å². The summed E-state index contributed by atoms with van der Waals surface area (Å²) in [7, 11) is 0. The minimum Gasteiger partial charge on any atom is -0.481 e. The number of carboxylic acid groups (broad SMARTS) is 1. The van der Waals surface area contributed by atoms with Crippen LogP contribution in [0.1, 0.15) is 24.8 Å². The van der Waals surface area contributed by atoms with Crippen molar-refractivity contribution in [1.82, 2.24) is 5.32 Å². The van der Waals surface area contributed by atoms with Crippen LogP contribution in [0.15, 0.2) is 24.3 Å². The number of nitrogens with two attached hydrogens (primary N) is 1. The average molecular weight is 262 g/mol. The van der Waals surface area contributed by atoms with Gasteiger partial charge in [-0.3, -0.25) is 9.59 Å². The molecule has 0 radical (unpaired) electrons. The molecule has 19 heavy (non-hydrogen) atoms. The van der Waals surface area contributed by atoms with Crippen LogP contribution in [0.4, 0.5) is 5.69 Å². The lowest BCUT2D eigenvalue weighted by atomic mass is 10.1. The Labute approximate surface area is 111 Å². The lowest BCUT2D eigenvalue weighted by Crippen LogP contribution is -2.34. The van der Waals surface area contributed by atoms with Gasteiger partial charge < -0.3 is 16.2 Å². The van der Waals surface area contributed by atoms with Crippen LogP contribution in [0.5, 0.6) is 0 Å². The molecule has 0 aliphatic heterocycles. The summed E-state index contributed by atoms with van der Waals surface area (Å²) in [5, 5.41) is 11.7. The predicted octanol–water partition coefficient (Wildman–Crippen LogP) is 1.18. The van der Waals surface area contributed by atoms with E-state index in [2.05, 4.69) is 5.32 Å². The maximum atomic E-state index is 11.7. The van der Waals surface area contributed by atoms with Gasteiger partial charge in [0.1, 0.15) is 0 Å². The highest BCUT2D eigenvalue weighted by molar-refractivity contribution is 5.81. The van der Waals surface area contributed by atoms with Crippen LogP contribution in [-0.2, 0) is 16.0 Å². The van der Waals surface area contributed by atoms with Crippen LogP contribution >= 0.6 is 0 Å². The summed E-state index contributed by atoms with van der Waals surface area (Å²) in [5.41, 5.74) is 6.64. The van der Waals surface area contributed by atoms with E-state index in [0.29, 0.717) is 31.4 Å². The normalized spacial score (nSPS) is 15.8. The standard InChI is InChI=1S/C14H18N2O3/c15-11-3-1-2-10(8-11)4-5-12(17)16-9-14(6-7-14)13(18)19/h1-3,8H,4-7,9,15H2,(H,16,17)(H,18,19). The molecule has 0 bridgehead atoms. The van der Waals surface area contributed by atoms with E-state index >= 15 is 0 Å². The SMILES string of the molecule is Nc1cccc(CCC(=O)NCC2(C(=O)O)CC2)c1. The van der Waals surface area contributed by atoms with Gasteiger partial charge in [-0.15, -0.1) is 0 Å². The molecule has 0 unspecified atom stereocenters. The third kappa shape index (κ3) is 3.47. The molecule has 1 aliphatic carbocycles. The smallest absolute Gasteiger partial charge is 0.311 e. The first-order valence-corrected chi connectivity index (χ1v) is 6.36. The van der Waals surface area contributed by atoms with Gasteiger partial charge in [0.25, 0.3) is 0 Å². The average Bonchev–Trinajstić information content (AvgIpc) is 3.15. The fourth-order valence-corrected chi connectivity index (χ4v) is 1.98. The summed E-state index contributed by atoms with van der Waals surface area (Å²) in [6.45, 7) is 0.234. The molecule has 1 aliphatic rings. The van der Waals surface area contributed by atoms with Crippen LogP contribution in [0.2, 0.25) is 0 Å². The van der Waals surface area contributed by atoms with E-state index in [0.717, 1.165) is 5.56 Å². The molecule has 1 aromatic carbocycles. The first kappa shape index (κ1) is 13.4. The number of aryl methyl sites for hydroxylation is 1. The number of carbonyl (C=O) groups is 2. The minimum absolute atomic E-state index is 0.116. The van der Waals surface area contributed by atoms with Crippen molar-refractivity contribution in [2.75, 3.05) is 12.3 Å². The molecule has 0 atom stereocenters. The number of hydrogen-bond donors (Lipinski definition) is 3. The van der Waals surface area contributed by atoms with Crippen molar-refractivity contribution in [3.63, 3.8) is 0 Å². The van der Waals surface area contributed by atoms with Crippen molar-refractivity contribution in [1.29, 1.82) is 0 Å². The summed E-state index contributed by atoms with van der Waals surface area (Å²) in [6, 6.07) is 7.41. The van der Waals surface area contributed by atoms with Crippen molar-refractivity contribution < 1.29 is 14.7 Å². The first-order chi connectivity index (χ1) is 9.02. The van der Waals surface area contributed by atoms with Gasteiger partial charge in [-0.05, 0) is 37.0 Å². The van der Waals surface area contributed by atoms with Gasteiger partial charge in [0.2, 0.25) is 5.91 Å². The zero-order valence-corrected chi connectivity index (χ0v) is 10.7. The van der Waals surface area contributed by atoms with E-state index in [1.807, 2.05) is 18.2 Å². The number of rotatable bonds is 6. The van der Waals surface area contributed by atoms with Crippen LogP contribution in [0.3, 0.4) is 0 Å². The highest BCUT2D eigenvalue weighted by Crippen LogP contribution is 2.45. The summed E-state index contributed by atoms with van der Waals surface area (Å²) in [6.07, 6.45) is 2.26. The molecule has 5 nitrogen and oxygen atoms in total. The number of aliphatic carboxylic acids is 1. The Morgan fingerprint density at radius 2 is 2.11 bits per heavy atom. The van der Waals surface area contributed by atoms with Gasteiger partial charge >= 0.3 is 5.97 Å². The second-order valence-electron chi connectivity index (χ2n) is 5.11. The van der Waals surface area contributed by atoms with E-state index < -0.39 is 11.4 Å². The Bertz CT molecular complexity index is 495. The third-order valence-electron chi connectivity index (χ3n) is 3.52. The molecular weight excluding hydrogens is 244 g/mol. The number of carboxylic acids is 1. The van der Waals surface area contributed by atoms with Crippen molar-refractivity contribution >= 4 is 17.6 Å². The molecule has 5 heteroatoms. The molecule has 0 heterocycles. The molecule has 102 valence electrons. The van der Waals surface area contributed by atoms with Crippen LogP contribution < -0.4 is 11.1 Å². The molecule has 0 spiro atoms. The number of nitrogen functional groups attached to an aromatic ring is 1. The van der Waals surface area contributed by atoms with Crippen molar-refractivity contribution in [3.05, 3.63) is 29.8 Å². The topological polar surface area (TPSA) is 92.4 Å². The number of benzene rings is 1. The van der Waals surface area contributed by atoms with Crippen LogP contribution in [0, 0.1) is 5.41 Å². The fourth-order valence-electron chi connectivity index (χ4n) is 1.98. The lowest BCUT2D eigenvalue weighted by Gasteiger charge is -2.11. The van der Waals surface area contributed by atoms with Gasteiger partial charge in [-0.1, -0.05) is 12.1 Å². The number of amides is 1. The Kier molecular flexibility index (Phi) is 3.74. The highest BCUT2D eigenvalue weighted by Gasteiger charge is 2.50. The molecule has 1 aromatic rings. The molecule has 0 saturated heterocycles. The monoisotopic (exact) mass is 262 g/mol. The molecule has 4 N–H and O–H groups in total. The van der Waals surface area contributed by atoms with Crippen molar-refractivity contribution in [3.8, 4) is 0 Å².